The third-order valence-electron chi connectivity index (χ3n) is 11.7. The second kappa shape index (κ2) is 20.1. The van der Waals surface area contributed by atoms with Gasteiger partial charge in [0.1, 0.15) is 6.54 Å². The average Bonchev–Trinajstić information content (AvgIpc) is 3.71. The predicted molar refractivity (Wildman–Crippen MR) is 238 cm³/mol. The van der Waals surface area contributed by atoms with Gasteiger partial charge in [0.05, 0.1) is 26.7 Å². The number of benzene rings is 2. The van der Waals surface area contributed by atoms with E-state index in [1.807, 2.05) is 36.3 Å². The highest BCUT2D eigenvalue weighted by Gasteiger charge is 2.48. The summed E-state index contributed by atoms with van der Waals surface area (Å²) in [6.45, 7) is 6.27. The van der Waals surface area contributed by atoms with Crippen molar-refractivity contribution in [2.75, 3.05) is 29.5 Å². The van der Waals surface area contributed by atoms with E-state index in [1.54, 1.807) is 30.4 Å². The Bertz CT molecular complexity index is 2780. The lowest BCUT2D eigenvalue weighted by molar-refractivity contribution is -0.438. The van der Waals surface area contributed by atoms with Gasteiger partial charge >= 0.3 is 5.97 Å². The van der Waals surface area contributed by atoms with Crippen molar-refractivity contribution in [2.24, 2.45) is 0 Å². The van der Waals surface area contributed by atoms with E-state index in [-0.39, 0.29) is 67.7 Å². The monoisotopic (exact) mass is 984 g/mol. The molecule has 3 aliphatic heterocycles. The van der Waals surface area contributed by atoms with Gasteiger partial charge in [-0.2, -0.15) is 38.2 Å². The first-order chi connectivity index (χ1) is 30.1. The summed E-state index contributed by atoms with van der Waals surface area (Å²) >= 11 is 0. The van der Waals surface area contributed by atoms with Gasteiger partial charge in [-0.3, -0.25) is 27.8 Å². The van der Waals surface area contributed by atoms with Gasteiger partial charge < -0.3 is 9.74 Å². The SMILES string of the molecule is CC1(CCCCS(=O)(=O)O)C(/C=C/C=C/C=C2/N(CCCCCC(=O)ON3C(=O)CCC3=O)c3ccc(S(=O)(=O)O)cc3C2(C)C)=[N+](CCCCS(=O)(=O)O)c2ccc(S(=O)(=O)O)cc21. The van der Waals surface area contributed by atoms with Gasteiger partial charge in [0.25, 0.3) is 52.3 Å². The average molecular weight is 985 g/mol. The predicted octanol–water partition coefficient (Wildman–Crippen LogP) is 5.22. The minimum absolute atomic E-state index is 0.0180. The van der Waals surface area contributed by atoms with Crippen LogP contribution in [0.2, 0.25) is 0 Å². The maximum atomic E-state index is 12.4. The Hall–Kier alpha value is -4.62. The fourth-order valence-corrected chi connectivity index (χ4v) is 10.6. The van der Waals surface area contributed by atoms with E-state index >= 15 is 0 Å². The molecule has 23 heteroatoms. The summed E-state index contributed by atoms with van der Waals surface area (Å²) in [6, 6.07) is 8.42. The molecule has 1 atom stereocenters. The van der Waals surface area contributed by atoms with Gasteiger partial charge in [0.15, 0.2) is 5.71 Å². The Morgan fingerprint density at radius 3 is 1.91 bits per heavy atom. The van der Waals surface area contributed by atoms with Crippen LogP contribution < -0.4 is 4.90 Å². The summed E-state index contributed by atoms with van der Waals surface area (Å²) in [5.74, 6) is -2.84. The van der Waals surface area contributed by atoms with Crippen LogP contribution in [-0.2, 0) is 70.5 Å². The zero-order valence-corrected chi connectivity index (χ0v) is 39.4. The van der Waals surface area contributed by atoms with E-state index in [0.717, 1.165) is 5.70 Å². The molecule has 2 aromatic carbocycles. The van der Waals surface area contributed by atoms with Crippen LogP contribution in [0.1, 0.15) is 103 Å². The van der Waals surface area contributed by atoms with Crippen LogP contribution in [0.5, 0.6) is 0 Å². The van der Waals surface area contributed by atoms with Gasteiger partial charge in [-0.15, -0.1) is 5.06 Å². The number of anilines is 1. The van der Waals surface area contributed by atoms with E-state index in [2.05, 4.69) is 0 Å². The molecule has 4 N–H and O–H groups in total. The van der Waals surface area contributed by atoms with Gasteiger partial charge in [-0.1, -0.05) is 44.9 Å². The van der Waals surface area contributed by atoms with Crippen molar-refractivity contribution >= 4 is 75.3 Å². The number of carbonyl (C=O) groups is 3. The lowest BCUT2D eigenvalue weighted by Gasteiger charge is -2.27. The molecule has 0 bridgehead atoms. The number of fused-ring (bicyclic) bond motifs is 2. The van der Waals surface area contributed by atoms with Crippen molar-refractivity contribution in [2.45, 2.75) is 112 Å². The topological polar surface area (TPSA) is 287 Å². The molecule has 0 aromatic heterocycles. The number of nitrogens with zero attached hydrogens (tertiary/aromatic N) is 3. The van der Waals surface area contributed by atoms with Crippen molar-refractivity contribution in [1.29, 1.82) is 0 Å². The lowest BCUT2D eigenvalue weighted by Crippen LogP contribution is -2.32. The van der Waals surface area contributed by atoms with Crippen LogP contribution in [-0.4, -0.2) is 110 Å². The number of imide groups is 1. The van der Waals surface area contributed by atoms with Crippen LogP contribution in [0.4, 0.5) is 11.4 Å². The van der Waals surface area contributed by atoms with E-state index in [4.69, 9.17) is 4.84 Å². The zero-order valence-electron chi connectivity index (χ0n) is 36.1. The normalized spacial score (nSPS) is 19.6. The molecule has 356 valence electrons. The maximum Gasteiger partial charge on any atom is 0.333 e. The maximum absolute atomic E-state index is 12.4. The summed E-state index contributed by atoms with van der Waals surface area (Å²) in [5.41, 5.74) is 2.01. The van der Waals surface area contributed by atoms with E-state index in [1.165, 1.54) is 30.3 Å². The zero-order chi connectivity index (χ0) is 48.2. The van der Waals surface area contributed by atoms with Crippen molar-refractivity contribution in [3.05, 3.63) is 83.6 Å². The standard InChI is InChI=1S/C42H53N3O16S4/c1-41(2)32-28-30(64(55,56)57)17-19-34(32)43(24-10-5-8-16-40(48)61-45-38(46)21-22-39(45)47)36(41)14-6-4-7-15-37-42(3,23-9-12-26-62(49,50)51)33-29-31(65(58,59)60)18-20-35(33)44(37)25-11-13-27-63(52,53)54/h4,6-7,14-15,17-20,28-29H,5,8-13,16,21-27H2,1-3H3,(H3-,49,50,51,52,53,54,55,56,57,58,59,60)/p+1. The van der Waals surface area contributed by atoms with Gasteiger partial charge in [-0.25, -0.2) is 4.79 Å². The number of unbranched alkanes of at least 4 members (excludes halogenated alkanes) is 4. The van der Waals surface area contributed by atoms with Crippen molar-refractivity contribution in [3.63, 3.8) is 0 Å². The van der Waals surface area contributed by atoms with E-state index < -0.39 is 80.6 Å². The van der Waals surface area contributed by atoms with Crippen molar-refractivity contribution in [1.82, 2.24) is 5.06 Å². The quantitative estimate of drug-likeness (QED) is 0.0386. The number of carbonyl (C=O) groups excluding carboxylic acids is 3. The molecule has 1 fully saturated rings. The third-order valence-corrected chi connectivity index (χ3v) is 15.0. The highest BCUT2D eigenvalue weighted by Crippen LogP contribution is 2.49. The number of allylic oxidation sites excluding steroid dienone is 6. The summed E-state index contributed by atoms with van der Waals surface area (Å²) in [7, 11) is -17.7. The third kappa shape index (κ3) is 12.8. The first kappa shape index (κ1) is 51.4. The first-order valence-corrected chi connectivity index (χ1v) is 26.9. The minimum atomic E-state index is -4.64. The molecule has 0 spiro atoms. The molecule has 2 aromatic rings. The molecule has 65 heavy (non-hydrogen) atoms. The van der Waals surface area contributed by atoms with Gasteiger partial charge in [0, 0.05) is 66.7 Å². The molecule has 1 saturated heterocycles. The van der Waals surface area contributed by atoms with Crippen LogP contribution in [0.3, 0.4) is 0 Å². The molecule has 0 saturated carbocycles. The summed E-state index contributed by atoms with van der Waals surface area (Å²) in [5, 5.41) is 0.503. The van der Waals surface area contributed by atoms with Gasteiger partial charge in [-0.05, 0) is 81.0 Å². The summed E-state index contributed by atoms with van der Waals surface area (Å²) in [4.78, 5) is 42.3. The second-order valence-electron chi connectivity index (χ2n) is 16.8. The Morgan fingerprint density at radius 2 is 1.31 bits per heavy atom. The van der Waals surface area contributed by atoms with Crippen molar-refractivity contribution < 1.29 is 75.7 Å². The van der Waals surface area contributed by atoms with Crippen LogP contribution in [0, 0.1) is 0 Å². The smallest absolute Gasteiger partial charge is 0.333 e. The number of amides is 2. The number of hydrogen-bond donors (Lipinski definition) is 4. The molecular weight excluding hydrogens is 931 g/mol. The van der Waals surface area contributed by atoms with E-state index in [0.29, 0.717) is 59.1 Å². The highest BCUT2D eigenvalue weighted by molar-refractivity contribution is 7.86. The Kier molecular flexibility index (Phi) is 15.9. The van der Waals surface area contributed by atoms with Gasteiger partial charge in [0.2, 0.25) is 5.69 Å². The Morgan fingerprint density at radius 1 is 0.723 bits per heavy atom. The number of hydrogen-bond acceptors (Lipinski definition) is 13. The molecule has 2 amide bonds. The van der Waals surface area contributed by atoms with Crippen LogP contribution in [0.25, 0.3) is 0 Å². The van der Waals surface area contributed by atoms with E-state index in [9.17, 15) is 66.3 Å². The fraction of sp³-hybridized carbons (Fsp3) is 0.476. The lowest BCUT2D eigenvalue weighted by atomic mass is 9.75. The molecule has 0 radical (unpaired) electrons. The Labute approximate surface area is 379 Å². The molecule has 5 rings (SSSR count). The molecule has 3 aliphatic rings. The minimum Gasteiger partial charge on any atom is -0.344 e. The molecule has 19 nitrogen and oxygen atoms in total. The fourth-order valence-electron chi connectivity index (χ4n) is 8.45. The molecular formula is C42H54N3O16S4+. The summed E-state index contributed by atoms with van der Waals surface area (Å²) in [6.07, 6.45) is 11.3. The second-order valence-corrected chi connectivity index (χ2v) is 22.8. The number of rotatable bonds is 22. The highest BCUT2D eigenvalue weighted by atomic mass is 32.2. The molecule has 3 heterocycles. The largest absolute Gasteiger partial charge is 0.344 e. The van der Waals surface area contributed by atoms with Crippen molar-refractivity contribution in [3.8, 4) is 0 Å². The number of hydroxylamine groups is 2. The Balaban J connectivity index is 1.44. The molecule has 1 unspecified atom stereocenters. The first-order valence-electron chi connectivity index (χ1n) is 20.8. The van der Waals surface area contributed by atoms with Crippen LogP contribution >= 0.6 is 0 Å². The molecule has 0 aliphatic carbocycles. The summed E-state index contributed by atoms with van der Waals surface area (Å²) < 4.78 is 135. The van der Waals surface area contributed by atoms with Crippen LogP contribution in [0.15, 0.2) is 82.3 Å².